The van der Waals surface area contributed by atoms with Crippen LogP contribution in [0.5, 0.6) is 5.75 Å². The summed E-state index contributed by atoms with van der Waals surface area (Å²) in [6.07, 6.45) is 2.12. The molecule has 1 N–H and O–H groups in total. The Morgan fingerprint density at radius 2 is 1.69 bits per heavy atom. The van der Waals surface area contributed by atoms with E-state index in [0.29, 0.717) is 28.4 Å². The Morgan fingerprint density at radius 1 is 1.06 bits per heavy atom. The zero-order valence-electron chi connectivity index (χ0n) is 20.8. The summed E-state index contributed by atoms with van der Waals surface area (Å²) in [6.45, 7) is 5.25. The van der Waals surface area contributed by atoms with Gasteiger partial charge in [0, 0.05) is 17.6 Å². The van der Waals surface area contributed by atoms with Crippen LogP contribution in [0.1, 0.15) is 39.2 Å². The second kappa shape index (κ2) is 12.8. The van der Waals surface area contributed by atoms with Crippen molar-refractivity contribution in [1.82, 2.24) is 10.2 Å². The van der Waals surface area contributed by atoms with E-state index >= 15 is 0 Å². The Kier molecular flexibility index (Phi) is 10.4. The highest BCUT2D eigenvalue weighted by atomic mass is 35.5. The molecule has 0 fully saturated rings. The second-order valence-electron chi connectivity index (χ2n) is 8.32. The minimum absolute atomic E-state index is 0.0607. The quantitative estimate of drug-likeness (QED) is 0.456. The van der Waals surface area contributed by atoms with E-state index in [4.69, 9.17) is 16.3 Å². The van der Waals surface area contributed by atoms with Crippen LogP contribution in [0.25, 0.3) is 0 Å². The van der Waals surface area contributed by atoms with E-state index < -0.39 is 28.5 Å². The zero-order valence-corrected chi connectivity index (χ0v) is 22.4. The first kappa shape index (κ1) is 28.5. The first-order valence-corrected chi connectivity index (χ1v) is 13.7. The van der Waals surface area contributed by atoms with E-state index in [9.17, 15) is 18.0 Å². The summed E-state index contributed by atoms with van der Waals surface area (Å²) in [5, 5.41) is 3.39. The van der Waals surface area contributed by atoms with Gasteiger partial charge in [0.15, 0.2) is 0 Å². The van der Waals surface area contributed by atoms with Crippen molar-refractivity contribution < 1.29 is 22.7 Å². The Balaban J connectivity index is 2.44. The lowest BCUT2D eigenvalue weighted by atomic mass is 10.1. The number of nitrogens with one attached hydrogen (secondary N) is 1. The van der Waals surface area contributed by atoms with Gasteiger partial charge < -0.3 is 15.0 Å². The summed E-state index contributed by atoms with van der Waals surface area (Å²) < 4.78 is 31.4. The van der Waals surface area contributed by atoms with Crippen molar-refractivity contribution in [2.24, 2.45) is 0 Å². The summed E-state index contributed by atoms with van der Waals surface area (Å²) in [5.74, 6) is -0.253. The first-order chi connectivity index (χ1) is 16.5. The van der Waals surface area contributed by atoms with Crippen LogP contribution in [0.15, 0.2) is 48.5 Å². The number of rotatable bonds is 12. The Bertz CT molecular complexity index is 1110. The molecule has 192 valence electrons. The van der Waals surface area contributed by atoms with Gasteiger partial charge in [-0.2, -0.15) is 0 Å². The van der Waals surface area contributed by atoms with Crippen LogP contribution in [-0.4, -0.2) is 57.1 Å². The van der Waals surface area contributed by atoms with Crippen LogP contribution in [0.2, 0.25) is 5.02 Å². The van der Waals surface area contributed by atoms with E-state index in [1.165, 1.54) is 12.0 Å². The third-order valence-electron chi connectivity index (χ3n) is 5.73. The number of halogens is 1. The fraction of sp³-hybridized carbons (Fsp3) is 0.440. The fourth-order valence-corrected chi connectivity index (χ4v) is 4.58. The van der Waals surface area contributed by atoms with Crippen molar-refractivity contribution in [2.75, 3.05) is 24.2 Å². The van der Waals surface area contributed by atoms with Gasteiger partial charge in [-0.05, 0) is 55.7 Å². The fourth-order valence-electron chi connectivity index (χ4n) is 3.53. The number of ether oxygens (including phenoxy) is 1. The lowest BCUT2D eigenvalue weighted by Gasteiger charge is -2.33. The molecule has 2 aromatic rings. The van der Waals surface area contributed by atoms with Crippen molar-refractivity contribution in [1.29, 1.82) is 0 Å². The number of carbonyl (C=O) groups is 2. The molecule has 0 saturated heterocycles. The molecule has 0 bridgehead atoms. The number of methoxy groups -OCH3 is 1. The zero-order chi connectivity index (χ0) is 26.2. The molecule has 0 aromatic heterocycles. The maximum absolute atomic E-state index is 13.6. The van der Waals surface area contributed by atoms with Gasteiger partial charge in [0.2, 0.25) is 21.8 Å². The number of hydrogen-bond donors (Lipinski definition) is 1. The number of amides is 2. The molecule has 0 radical (unpaired) electrons. The Morgan fingerprint density at radius 3 is 2.20 bits per heavy atom. The van der Waals surface area contributed by atoms with Gasteiger partial charge in [0.05, 0.1) is 19.1 Å². The number of nitrogens with zero attached hydrogens (tertiary/aromatic N) is 2. The molecule has 0 spiro atoms. The maximum atomic E-state index is 13.6. The summed E-state index contributed by atoms with van der Waals surface area (Å²) in [4.78, 5) is 28.2. The molecule has 0 saturated carbocycles. The van der Waals surface area contributed by atoms with E-state index in [0.717, 1.165) is 17.0 Å². The van der Waals surface area contributed by atoms with Crippen molar-refractivity contribution in [3.05, 3.63) is 59.1 Å². The Labute approximate surface area is 213 Å². The van der Waals surface area contributed by atoms with Gasteiger partial charge in [0.25, 0.3) is 0 Å². The van der Waals surface area contributed by atoms with Gasteiger partial charge in [-0.25, -0.2) is 8.42 Å². The Hall–Kier alpha value is -2.78. The smallest absolute Gasteiger partial charge is 0.244 e. The van der Waals surface area contributed by atoms with Crippen LogP contribution < -0.4 is 14.4 Å². The summed E-state index contributed by atoms with van der Waals surface area (Å²) in [6, 6.07) is 12.6. The normalized spacial score (nSPS) is 13.0. The molecule has 10 heteroatoms. The van der Waals surface area contributed by atoms with Gasteiger partial charge in [-0.15, -0.1) is 0 Å². The minimum Gasteiger partial charge on any atom is -0.497 e. The molecule has 2 atom stereocenters. The van der Waals surface area contributed by atoms with Gasteiger partial charge in [-0.1, -0.05) is 43.6 Å². The lowest BCUT2D eigenvalue weighted by molar-refractivity contribution is -0.140. The summed E-state index contributed by atoms with van der Waals surface area (Å²) in [7, 11) is -2.30. The van der Waals surface area contributed by atoms with Gasteiger partial charge >= 0.3 is 0 Å². The number of carbonyl (C=O) groups excluding carboxylic acids is 2. The SMILES string of the molecule is CC[C@@H](C)NC(=O)[C@@H](CC)N(Cc1ccccc1Cl)C(=O)CN(c1ccc(OC)cc1)S(C)(=O)=O. The topological polar surface area (TPSA) is 96.0 Å². The molecule has 2 amide bonds. The average Bonchev–Trinajstić information content (AvgIpc) is 2.82. The van der Waals surface area contributed by atoms with Crippen molar-refractivity contribution in [3.8, 4) is 5.75 Å². The predicted octanol–water partition coefficient (Wildman–Crippen LogP) is 3.84. The summed E-state index contributed by atoms with van der Waals surface area (Å²) >= 11 is 6.35. The van der Waals surface area contributed by atoms with E-state index in [2.05, 4.69) is 5.32 Å². The highest BCUT2D eigenvalue weighted by Gasteiger charge is 2.32. The molecule has 0 heterocycles. The van der Waals surface area contributed by atoms with Crippen molar-refractivity contribution in [3.63, 3.8) is 0 Å². The molecular weight excluding hydrogens is 490 g/mol. The number of sulfonamides is 1. The van der Waals surface area contributed by atoms with Crippen molar-refractivity contribution in [2.45, 2.75) is 52.2 Å². The summed E-state index contributed by atoms with van der Waals surface area (Å²) in [5.41, 5.74) is 0.976. The largest absolute Gasteiger partial charge is 0.497 e. The molecule has 2 aromatic carbocycles. The highest BCUT2D eigenvalue weighted by molar-refractivity contribution is 7.92. The standard InChI is InChI=1S/C25H34ClN3O5S/c1-6-18(3)27-25(31)23(7-2)28(16-19-10-8-9-11-22(19)26)24(30)17-29(35(5,32)33)20-12-14-21(34-4)15-13-20/h8-15,18,23H,6-7,16-17H2,1-5H3,(H,27,31)/t18-,23-/m1/s1. The monoisotopic (exact) mass is 523 g/mol. The molecule has 35 heavy (non-hydrogen) atoms. The van der Waals surface area contributed by atoms with Crippen LogP contribution in [-0.2, 0) is 26.2 Å². The number of anilines is 1. The van der Waals surface area contributed by atoms with E-state index in [-0.39, 0.29) is 18.5 Å². The number of hydrogen-bond acceptors (Lipinski definition) is 5. The van der Waals surface area contributed by atoms with Crippen LogP contribution in [0.3, 0.4) is 0 Å². The van der Waals surface area contributed by atoms with Crippen molar-refractivity contribution >= 4 is 39.1 Å². The van der Waals surface area contributed by atoms with Crippen LogP contribution in [0.4, 0.5) is 5.69 Å². The third kappa shape index (κ3) is 7.86. The van der Waals surface area contributed by atoms with Crippen LogP contribution >= 0.6 is 11.6 Å². The number of benzene rings is 2. The minimum atomic E-state index is -3.80. The maximum Gasteiger partial charge on any atom is 0.244 e. The van der Waals surface area contributed by atoms with Crippen LogP contribution in [0, 0.1) is 0 Å². The average molecular weight is 524 g/mol. The third-order valence-corrected chi connectivity index (χ3v) is 7.23. The molecule has 8 nitrogen and oxygen atoms in total. The van der Waals surface area contributed by atoms with Gasteiger partial charge in [0.1, 0.15) is 18.3 Å². The van der Waals surface area contributed by atoms with E-state index in [1.54, 1.807) is 48.5 Å². The molecule has 0 aliphatic rings. The lowest BCUT2D eigenvalue weighted by Crippen LogP contribution is -2.53. The molecule has 2 rings (SSSR count). The van der Waals surface area contributed by atoms with Gasteiger partial charge in [-0.3, -0.25) is 13.9 Å². The molecule has 0 aliphatic heterocycles. The molecule has 0 unspecified atom stereocenters. The van der Waals surface area contributed by atoms with E-state index in [1.807, 2.05) is 20.8 Å². The molecular formula is C25H34ClN3O5S. The highest BCUT2D eigenvalue weighted by Crippen LogP contribution is 2.24. The second-order valence-corrected chi connectivity index (χ2v) is 10.6. The molecule has 0 aliphatic carbocycles. The first-order valence-electron chi connectivity index (χ1n) is 11.5. The predicted molar refractivity (Wildman–Crippen MR) is 139 cm³/mol.